The molecule has 1 unspecified atom stereocenters. The number of amides is 1. The van der Waals surface area contributed by atoms with Crippen LogP contribution >= 0.6 is 12.2 Å². The largest absolute Gasteiger partial charge is 0.492 e. The molecule has 2 aliphatic rings. The Morgan fingerprint density at radius 3 is 2.28 bits per heavy atom. The van der Waals surface area contributed by atoms with Crippen molar-refractivity contribution in [2.75, 3.05) is 49.1 Å². The quantitative estimate of drug-likeness (QED) is 0.199. The van der Waals surface area contributed by atoms with Crippen LogP contribution < -0.4 is 14.5 Å². The fraction of sp³-hybridized carbons (Fsp3) is 0.389. The fourth-order valence-corrected chi connectivity index (χ4v) is 7.16. The van der Waals surface area contributed by atoms with E-state index in [9.17, 15) is 31.2 Å². The summed E-state index contributed by atoms with van der Waals surface area (Å²) < 4.78 is 76.3. The lowest BCUT2D eigenvalue weighted by atomic mass is 10.0. The number of aliphatic carboxylic acids is 1. The summed E-state index contributed by atoms with van der Waals surface area (Å²) >= 11 is 5.66. The van der Waals surface area contributed by atoms with Gasteiger partial charge in [-0.1, -0.05) is 25.1 Å². The Kier molecular flexibility index (Phi) is 12.9. The van der Waals surface area contributed by atoms with Gasteiger partial charge in [0.2, 0.25) is 0 Å². The molecule has 0 radical (unpaired) electrons. The van der Waals surface area contributed by atoms with Crippen LogP contribution in [0.15, 0.2) is 71.6 Å². The van der Waals surface area contributed by atoms with Crippen LogP contribution in [0.1, 0.15) is 44.4 Å². The number of hydrogen-bond donors (Lipinski definition) is 2. The molecule has 2 heterocycles. The number of nitriles is 1. The SMILES string of the molecule is CCc1cc(N2C(=S)N(c3ccc(C#N)c(C(F)(F)F)c3)C(=O)C2(C)C)ccc1OCCN1CCN(CC(=O)O)C(C)C1.O=S(=O)(O)c1ccccc1. The second-order valence-electron chi connectivity index (χ2n) is 13.0. The third-order valence-corrected chi connectivity index (χ3v) is 10.2. The van der Waals surface area contributed by atoms with Crippen molar-refractivity contribution in [3.63, 3.8) is 0 Å². The molecular weight excluding hydrogens is 736 g/mol. The highest BCUT2D eigenvalue weighted by Gasteiger charge is 2.51. The lowest BCUT2D eigenvalue weighted by Crippen LogP contribution is -2.53. The number of nitrogens with zero attached hydrogens (tertiary/aromatic N) is 5. The molecule has 5 rings (SSSR count). The molecule has 2 fully saturated rings. The number of anilines is 2. The van der Waals surface area contributed by atoms with Gasteiger partial charge in [-0.2, -0.15) is 26.9 Å². The number of carbonyl (C=O) groups is 2. The molecule has 17 heteroatoms. The molecule has 2 N–H and O–H groups in total. The van der Waals surface area contributed by atoms with Crippen LogP contribution in [0, 0.1) is 11.3 Å². The molecule has 53 heavy (non-hydrogen) atoms. The predicted molar refractivity (Wildman–Crippen MR) is 195 cm³/mol. The van der Waals surface area contributed by atoms with E-state index in [1.54, 1.807) is 55.1 Å². The number of aryl methyl sites for hydroxylation is 1. The van der Waals surface area contributed by atoms with Crippen LogP contribution in [0.3, 0.4) is 0 Å². The van der Waals surface area contributed by atoms with Crippen molar-refractivity contribution in [1.82, 2.24) is 9.80 Å². The van der Waals surface area contributed by atoms with Crippen LogP contribution in [0.25, 0.3) is 0 Å². The van der Waals surface area contributed by atoms with Crippen LogP contribution in [0.4, 0.5) is 24.5 Å². The number of carboxylic acids is 1. The summed E-state index contributed by atoms with van der Waals surface area (Å²) in [6.07, 6.45) is -4.16. The monoisotopic (exact) mass is 775 g/mol. The van der Waals surface area contributed by atoms with Gasteiger partial charge in [-0.3, -0.25) is 28.8 Å². The van der Waals surface area contributed by atoms with Crippen LogP contribution in [0.5, 0.6) is 5.75 Å². The molecule has 0 bridgehead atoms. The van der Waals surface area contributed by atoms with E-state index in [-0.39, 0.29) is 28.3 Å². The first-order valence-corrected chi connectivity index (χ1v) is 18.4. The summed E-state index contributed by atoms with van der Waals surface area (Å²) in [4.78, 5) is 31.4. The van der Waals surface area contributed by atoms with E-state index in [0.29, 0.717) is 37.6 Å². The molecule has 0 aromatic heterocycles. The molecule has 3 aromatic rings. The van der Waals surface area contributed by atoms with Crippen molar-refractivity contribution in [3.8, 4) is 11.8 Å². The normalized spacial score (nSPS) is 18.0. The molecule has 0 spiro atoms. The first-order chi connectivity index (χ1) is 24.8. The van der Waals surface area contributed by atoms with Gasteiger partial charge in [-0.05, 0) is 93.5 Å². The van der Waals surface area contributed by atoms with Crippen molar-refractivity contribution < 1.29 is 45.6 Å². The topological polar surface area (TPSA) is 155 Å². The highest BCUT2D eigenvalue weighted by atomic mass is 32.2. The molecule has 2 aliphatic heterocycles. The Morgan fingerprint density at radius 2 is 1.74 bits per heavy atom. The number of piperazine rings is 1. The third-order valence-electron chi connectivity index (χ3n) is 8.93. The minimum atomic E-state index is -4.78. The van der Waals surface area contributed by atoms with Gasteiger partial charge >= 0.3 is 12.1 Å². The van der Waals surface area contributed by atoms with Crippen molar-refractivity contribution >= 4 is 50.7 Å². The average Bonchev–Trinajstić information content (AvgIpc) is 3.27. The Morgan fingerprint density at radius 1 is 1.08 bits per heavy atom. The zero-order valence-corrected chi connectivity index (χ0v) is 31.1. The van der Waals surface area contributed by atoms with Gasteiger partial charge in [0.1, 0.15) is 17.9 Å². The first-order valence-electron chi connectivity index (χ1n) is 16.6. The van der Waals surface area contributed by atoms with E-state index in [2.05, 4.69) is 4.90 Å². The zero-order chi connectivity index (χ0) is 39.3. The predicted octanol–water partition coefficient (Wildman–Crippen LogP) is 5.46. The summed E-state index contributed by atoms with van der Waals surface area (Å²) in [5, 5.41) is 18.3. The number of alkyl halides is 3. The summed E-state index contributed by atoms with van der Waals surface area (Å²) in [5.41, 5.74) is -1.46. The van der Waals surface area contributed by atoms with Gasteiger partial charge in [0.15, 0.2) is 5.11 Å². The minimum absolute atomic E-state index is 0.0275. The summed E-state index contributed by atoms with van der Waals surface area (Å²) in [6.45, 7) is 10.6. The second kappa shape index (κ2) is 16.6. The molecular formula is C36H40F3N5O7S2. The van der Waals surface area contributed by atoms with Crippen molar-refractivity contribution in [1.29, 1.82) is 5.26 Å². The van der Waals surface area contributed by atoms with E-state index in [4.69, 9.17) is 31.9 Å². The van der Waals surface area contributed by atoms with Crippen molar-refractivity contribution in [2.45, 2.75) is 56.8 Å². The molecule has 2 saturated heterocycles. The van der Waals surface area contributed by atoms with Gasteiger partial charge in [-0.25, -0.2) is 0 Å². The number of thiocarbonyl (C=S) groups is 1. The summed E-state index contributed by atoms with van der Waals surface area (Å²) in [7, 11) is -4.00. The number of carbonyl (C=O) groups excluding carboxylic acids is 1. The second-order valence-corrected chi connectivity index (χ2v) is 14.7. The molecule has 0 aliphatic carbocycles. The maximum Gasteiger partial charge on any atom is 0.417 e. The molecule has 284 valence electrons. The third kappa shape index (κ3) is 9.69. The Bertz CT molecular complexity index is 1990. The molecule has 1 amide bonds. The Labute approximate surface area is 311 Å². The molecule has 3 aromatic carbocycles. The van der Waals surface area contributed by atoms with Gasteiger partial charge in [0.05, 0.1) is 34.3 Å². The Balaban J connectivity index is 0.000000541. The van der Waals surface area contributed by atoms with Crippen LogP contribution in [0.2, 0.25) is 0 Å². The molecule has 0 saturated carbocycles. The van der Waals surface area contributed by atoms with Gasteiger partial charge in [0, 0.05) is 37.9 Å². The van der Waals surface area contributed by atoms with Crippen molar-refractivity contribution in [3.05, 3.63) is 83.4 Å². The van der Waals surface area contributed by atoms with Crippen LogP contribution in [-0.4, -0.2) is 95.8 Å². The first kappa shape index (κ1) is 41.2. The van der Waals surface area contributed by atoms with E-state index in [1.165, 1.54) is 18.2 Å². The smallest absolute Gasteiger partial charge is 0.417 e. The maximum atomic E-state index is 13.6. The van der Waals surface area contributed by atoms with E-state index >= 15 is 0 Å². The average molecular weight is 776 g/mol. The van der Waals surface area contributed by atoms with Gasteiger partial charge in [0.25, 0.3) is 16.0 Å². The fourth-order valence-electron chi connectivity index (χ4n) is 6.14. The maximum absolute atomic E-state index is 13.6. The standard InChI is InChI=1S/C30H34F3N5O4S.C6H6O3S/c1-5-20-14-23(8-9-25(20)42-13-12-35-10-11-36(18-26(39)40)19(2)17-35)38-28(43)37(27(41)29(38,3)4)22-7-6-21(16-34)24(15-22)30(31,32)33;7-10(8,9)6-4-2-1-3-5-6/h6-9,14-15,19H,5,10-13,17-18H2,1-4H3,(H,39,40);1-5H,(H,7,8,9). The number of halogens is 3. The number of rotatable bonds is 10. The number of hydrogen-bond acceptors (Lipinski definition) is 9. The summed E-state index contributed by atoms with van der Waals surface area (Å²) in [5.74, 6) is -0.651. The number of carboxylic acid groups (broad SMARTS) is 1. The van der Waals surface area contributed by atoms with E-state index < -0.39 is 44.8 Å². The lowest BCUT2D eigenvalue weighted by molar-refractivity contribution is -0.139. The van der Waals surface area contributed by atoms with Crippen molar-refractivity contribution in [2.24, 2.45) is 0 Å². The molecule has 1 atom stereocenters. The Hall–Kier alpha value is -4.60. The minimum Gasteiger partial charge on any atom is -0.492 e. The van der Waals surface area contributed by atoms with E-state index in [1.807, 2.05) is 24.8 Å². The van der Waals surface area contributed by atoms with E-state index in [0.717, 1.165) is 35.7 Å². The van der Waals surface area contributed by atoms with Crippen LogP contribution in [-0.2, 0) is 32.3 Å². The highest BCUT2D eigenvalue weighted by Crippen LogP contribution is 2.40. The molecule has 12 nitrogen and oxygen atoms in total. The zero-order valence-electron chi connectivity index (χ0n) is 29.5. The number of ether oxygens (including phenoxy) is 1. The van der Waals surface area contributed by atoms with Gasteiger partial charge < -0.3 is 14.7 Å². The number of benzene rings is 3. The lowest BCUT2D eigenvalue weighted by Gasteiger charge is -2.38. The van der Waals surface area contributed by atoms with Gasteiger partial charge in [-0.15, -0.1) is 0 Å². The highest BCUT2D eigenvalue weighted by molar-refractivity contribution is 7.85. The summed E-state index contributed by atoms with van der Waals surface area (Å²) in [6, 6.07) is 17.6.